The third-order valence-corrected chi connectivity index (χ3v) is 2.73. The van der Waals surface area contributed by atoms with Crippen LogP contribution in [0.5, 0.6) is 23.0 Å². The summed E-state index contributed by atoms with van der Waals surface area (Å²) in [5, 5.41) is 28.2. The molecule has 0 aliphatic heterocycles. The number of phenols is 3. The van der Waals surface area contributed by atoms with Gasteiger partial charge >= 0.3 is 0 Å². The maximum Gasteiger partial charge on any atom is 0.206 e. The maximum absolute atomic E-state index is 13.0. The predicted octanol–water partition coefficient (Wildman–Crippen LogP) is 3.12. The van der Waals surface area contributed by atoms with Gasteiger partial charge in [0.2, 0.25) is 5.82 Å². The summed E-state index contributed by atoms with van der Waals surface area (Å²) in [5.74, 6) is -1.94. The normalized spacial score (nSPS) is 10.9. The van der Waals surface area contributed by atoms with Crippen LogP contribution in [0.15, 0.2) is 30.3 Å². The summed E-state index contributed by atoms with van der Waals surface area (Å²) in [5.41, 5.74) is 1.11. The summed E-state index contributed by atoms with van der Waals surface area (Å²) in [6, 6.07) is 7.20. The van der Waals surface area contributed by atoms with Crippen LogP contribution in [0.1, 0.15) is 11.1 Å². The van der Waals surface area contributed by atoms with E-state index in [1.54, 1.807) is 24.3 Å². The Balaban J connectivity index is 2.27. The summed E-state index contributed by atoms with van der Waals surface area (Å²) < 4.78 is 18.0. The number of aromatic hydroxyl groups is 3. The fourth-order valence-corrected chi connectivity index (χ4v) is 1.71. The number of halogens is 1. The largest absolute Gasteiger partial charge is 0.505 e. The fourth-order valence-electron chi connectivity index (χ4n) is 1.71. The fraction of sp³-hybridized carbons (Fsp3) is 0.0667. The smallest absolute Gasteiger partial charge is 0.206 e. The minimum absolute atomic E-state index is 0.000509. The number of methoxy groups -OCH3 is 1. The van der Waals surface area contributed by atoms with Crippen LogP contribution < -0.4 is 4.74 Å². The average molecular weight is 276 g/mol. The number of phenolic OH excluding ortho intramolecular Hbond substituents is 3. The first-order chi connectivity index (χ1) is 9.51. The second kappa shape index (κ2) is 5.52. The van der Waals surface area contributed by atoms with Crippen LogP contribution in [0.4, 0.5) is 4.39 Å². The van der Waals surface area contributed by atoms with E-state index in [1.807, 2.05) is 0 Å². The molecule has 2 aromatic carbocycles. The first-order valence-corrected chi connectivity index (χ1v) is 5.78. The van der Waals surface area contributed by atoms with E-state index < -0.39 is 17.3 Å². The quantitative estimate of drug-likeness (QED) is 0.753. The van der Waals surface area contributed by atoms with Crippen LogP contribution in [0, 0.1) is 5.82 Å². The van der Waals surface area contributed by atoms with Crippen molar-refractivity contribution in [1.82, 2.24) is 0 Å². The highest BCUT2D eigenvalue weighted by Crippen LogP contribution is 2.29. The molecular weight excluding hydrogens is 263 g/mol. The zero-order chi connectivity index (χ0) is 14.7. The monoisotopic (exact) mass is 276 g/mol. The zero-order valence-electron chi connectivity index (χ0n) is 10.7. The van der Waals surface area contributed by atoms with Gasteiger partial charge in [-0.05, 0) is 35.4 Å². The standard InChI is InChI=1S/C15H13FO4/c1-20-14-5-4-9(6-11(14)17)2-3-10-7-12(18)15(16)13(19)8-10/h2-8,17-19H,1H3/b3-2+. The summed E-state index contributed by atoms with van der Waals surface area (Å²) in [7, 11) is 1.45. The highest BCUT2D eigenvalue weighted by Gasteiger charge is 2.07. The molecule has 0 saturated heterocycles. The van der Waals surface area contributed by atoms with Crippen molar-refractivity contribution in [2.75, 3.05) is 7.11 Å². The molecule has 5 heteroatoms. The van der Waals surface area contributed by atoms with Gasteiger partial charge in [-0.25, -0.2) is 0 Å². The molecule has 0 aliphatic carbocycles. The van der Waals surface area contributed by atoms with Crippen molar-refractivity contribution < 1.29 is 24.4 Å². The molecular formula is C15H13FO4. The predicted molar refractivity (Wildman–Crippen MR) is 73.3 cm³/mol. The highest BCUT2D eigenvalue weighted by atomic mass is 19.1. The van der Waals surface area contributed by atoms with Crippen molar-refractivity contribution in [2.24, 2.45) is 0 Å². The molecule has 3 N–H and O–H groups in total. The number of benzene rings is 2. The maximum atomic E-state index is 13.0. The molecule has 0 unspecified atom stereocenters. The number of hydrogen-bond acceptors (Lipinski definition) is 4. The van der Waals surface area contributed by atoms with Gasteiger partial charge in [0, 0.05) is 0 Å². The van der Waals surface area contributed by atoms with Gasteiger partial charge in [0.1, 0.15) is 0 Å². The van der Waals surface area contributed by atoms with Gasteiger partial charge in [0.25, 0.3) is 0 Å². The molecule has 0 heterocycles. The SMILES string of the molecule is COc1ccc(/C=C/c2cc(O)c(F)c(O)c2)cc1O. The molecule has 0 fully saturated rings. The lowest BCUT2D eigenvalue weighted by Crippen LogP contribution is -1.84. The molecule has 2 rings (SSSR count). The van der Waals surface area contributed by atoms with E-state index in [9.17, 15) is 19.7 Å². The first kappa shape index (κ1) is 13.7. The lowest BCUT2D eigenvalue weighted by atomic mass is 10.1. The number of rotatable bonds is 3. The van der Waals surface area contributed by atoms with Gasteiger partial charge < -0.3 is 20.1 Å². The van der Waals surface area contributed by atoms with Crippen LogP contribution in [0.2, 0.25) is 0 Å². The molecule has 20 heavy (non-hydrogen) atoms. The minimum atomic E-state index is -1.05. The van der Waals surface area contributed by atoms with Crippen molar-refractivity contribution in [3.63, 3.8) is 0 Å². The molecule has 0 bridgehead atoms. The third kappa shape index (κ3) is 2.83. The van der Waals surface area contributed by atoms with Gasteiger partial charge in [0.15, 0.2) is 23.0 Å². The third-order valence-electron chi connectivity index (χ3n) is 2.73. The lowest BCUT2D eigenvalue weighted by molar-refractivity contribution is 0.373. The average Bonchev–Trinajstić information content (AvgIpc) is 2.42. The second-order valence-electron chi connectivity index (χ2n) is 4.14. The summed E-state index contributed by atoms with van der Waals surface area (Å²) in [6.07, 6.45) is 3.21. The summed E-state index contributed by atoms with van der Waals surface area (Å²) in [4.78, 5) is 0. The van der Waals surface area contributed by atoms with Crippen molar-refractivity contribution in [1.29, 1.82) is 0 Å². The number of hydrogen-bond donors (Lipinski definition) is 3. The van der Waals surface area contributed by atoms with Crippen LogP contribution in [0.25, 0.3) is 12.2 Å². The van der Waals surface area contributed by atoms with E-state index in [4.69, 9.17) is 4.74 Å². The Kier molecular flexibility index (Phi) is 3.79. The Morgan fingerprint density at radius 3 is 2.00 bits per heavy atom. The summed E-state index contributed by atoms with van der Waals surface area (Å²) in [6.45, 7) is 0. The van der Waals surface area contributed by atoms with Gasteiger partial charge in [-0.1, -0.05) is 18.2 Å². The Bertz CT molecular complexity index is 642. The first-order valence-electron chi connectivity index (χ1n) is 5.78. The van der Waals surface area contributed by atoms with Gasteiger partial charge in [-0.15, -0.1) is 0 Å². The van der Waals surface area contributed by atoms with E-state index in [-0.39, 0.29) is 5.75 Å². The van der Waals surface area contributed by atoms with Crippen molar-refractivity contribution in [3.05, 3.63) is 47.3 Å². The van der Waals surface area contributed by atoms with Crippen LogP contribution in [-0.4, -0.2) is 22.4 Å². The van der Waals surface area contributed by atoms with E-state index >= 15 is 0 Å². The van der Waals surface area contributed by atoms with Crippen LogP contribution in [0.3, 0.4) is 0 Å². The van der Waals surface area contributed by atoms with E-state index in [1.165, 1.54) is 25.3 Å². The van der Waals surface area contributed by atoms with Crippen molar-refractivity contribution in [3.8, 4) is 23.0 Å². The van der Waals surface area contributed by atoms with Gasteiger partial charge in [-0.2, -0.15) is 4.39 Å². The molecule has 2 aromatic rings. The Hall–Kier alpha value is -2.69. The Morgan fingerprint density at radius 1 is 0.900 bits per heavy atom. The molecule has 0 aromatic heterocycles. The second-order valence-corrected chi connectivity index (χ2v) is 4.14. The zero-order valence-corrected chi connectivity index (χ0v) is 10.7. The van der Waals surface area contributed by atoms with E-state index in [2.05, 4.69) is 0 Å². The van der Waals surface area contributed by atoms with Gasteiger partial charge in [-0.3, -0.25) is 0 Å². The number of ether oxygens (including phenoxy) is 1. The van der Waals surface area contributed by atoms with Crippen molar-refractivity contribution >= 4 is 12.2 Å². The molecule has 0 radical (unpaired) electrons. The molecule has 0 spiro atoms. The lowest BCUT2D eigenvalue weighted by Gasteiger charge is -2.04. The molecule has 104 valence electrons. The molecule has 4 nitrogen and oxygen atoms in total. The van der Waals surface area contributed by atoms with Crippen LogP contribution >= 0.6 is 0 Å². The van der Waals surface area contributed by atoms with E-state index in [0.29, 0.717) is 16.9 Å². The summed E-state index contributed by atoms with van der Waals surface area (Å²) >= 11 is 0. The molecule has 0 saturated carbocycles. The molecule has 0 aliphatic rings. The Labute approximate surface area is 115 Å². The molecule has 0 atom stereocenters. The van der Waals surface area contributed by atoms with Gasteiger partial charge in [0.05, 0.1) is 7.11 Å². The van der Waals surface area contributed by atoms with Crippen molar-refractivity contribution in [2.45, 2.75) is 0 Å². The van der Waals surface area contributed by atoms with E-state index in [0.717, 1.165) is 0 Å². The highest BCUT2D eigenvalue weighted by molar-refractivity contribution is 5.72. The van der Waals surface area contributed by atoms with Crippen LogP contribution in [-0.2, 0) is 0 Å². The Morgan fingerprint density at radius 2 is 1.45 bits per heavy atom. The molecule has 0 amide bonds. The topological polar surface area (TPSA) is 69.9 Å². The minimum Gasteiger partial charge on any atom is -0.505 e.